The Kier molecular flexibility index (Phi) is 3.96. The maximum Gasteiger partial charge on any atom is 0.247 e. The van der Waals surface area contributed by atoms with Gasteiger partial charge < -0.3 is 15.5 Å². The molecule has 0 radical (unpaired) electrons. The summed E-state index contributed by atoms with van der Waals surface area (Å²) in [5.74, 6) is -0.128. The fourth-order valence-corrected chi connectivity index (χ4v) is 2.58. The average Bonchev–Trinajstić information content (AvgIpc) is 3.05. The van der Waals surface area contributed by atoms with Crippen LogP contribution in [0.3, 0.4) is 0 Å². The first-order valence-corrected chi connectivity index (χ1v) is 7.33. The second-order valence-corrected chi connectivity index (χ2v) is 5.50. The van der Waals surface area contributed by atoms with E-state index in [1.807, 2.05) is 18.2 Å². The first-order valence-electron chi connectivity index (χ1n) is 7.33. The van der Waals surface area contributed by atoms with Crippen LogP contribution < -0.4 is 15.5 Å². The third-order valence-corrected chi connectivity index (χ3v) is 3.62. The minimum Gasteiger partial charge on any atom is -0.374 e. The molecule has 0 saturated carbocycles. The summed E-state index contributed by atoms with van der Waals surface area (Å²) in [6.45, 7) is 2.36. The number of fused-ring (bicyclic) bond motifs is 1. The zero-order valence-electron chi connectivity index (χ0n) is 13.0. The average molecular weight is 314 g/mol. The lowest BCUT2D eigenvalue weighted by Gasteiger charge is -2.12. The molecular weight excluding hydrogens is 296 g/mol. The summed E-state index contributed by atoms with van der Waals surface area (Å²) in [6, 6.07) is 5.90. The van der Waals surface area contributed by atoms with Gasteiger partial charge in [-0.15, -0.1) is 5.10 Å². The summed E-state index contributed by atoms with van der Waals surface area (Å²) in [5, 5.41) is 13.3. The highest BCUT2D eigenvalue weighted by Crippen LogP contribution is 2.29. The molecule has 1 aliphatic heterocycles. The SMILES string of the molecule is CC(=O)Nc1cnn(CC(=O)Nc2ccc3c(c2)CCN3C)n1. The van der Waals surface area contributed by atoms with Crippen molar-refractivity contribution in [2.45, 2.75) is 19.9 Å². The number of carbonyl (C=O) groups is 2. The number of aromatic nitrogens is 3. The van der Waals surface area contributed by atoms with Gasteiger partial charge in [-0.05, 0) is 30.2 Å². The highest BCUT2D eigenvalue weighted by molar-refractivity contribution is 5.91. The summed E-state index contributed by atoms with van der Waals surface area (Å²) >= 11 is 0. The second kappa shape index (κ2) is 6.07. The minimum atomic E-state index is -0.232. The van der Waals surface area contributed by atoms with Crippen LogP contribution in [0.2, 0.25) is 0 Å². The first kappa shape index (κ1) is 15.0. The molecule has 0 bridgehead atoms. The van der Waals surface area contributed by atoms with Crippen LogP contribution in [-0.2, 0) is 22.6 Å². The highest BCUT2D eigenvalue weighted by Gasteiger charge is 2.16. The van der Waals surface area contributed by atoms with Crippen molar-refractivity contribution < 1.29 is 9.59 Å². The number of nitrogens with zero attached hydrogens (tertiary/aromatic N) is 4. The molecule has 2 aromatic rings. The number of hydrogen-bond acceptors (Lipinski definition) is 5. The van der Waals surface area contributed by atoms with Crippen molar-refractivity contribution in [3.8, 4) is 0 Å². The molecule has 0 fully saturated rings. The predicted molar refractivity (Wildman–Crippen MR) is 86.4 cm³/mol. The Morgan fingerprint density at radius 3 is 2.91 bits per heavy atom. The van der Waals surface area contributed by atoms with Crippen molar-refractivity contribution in [2.75, 3.05) is 29.1 Å². The monoisotopic (exact) mass is 314 g/mol. The van der Waals surface area contributed by atoms with Gasteiger partial charge in [0, 0.05) is 31.9 Å². The van der Waals surface area contributed by atoms with Crippen LogP contribution in [0.15, 0.2) is 24.4 Å². The summed E-state index contributed by atoms with van der Waals surface area (Å²) < 4.78 is 0. The van der Waals surface area contributed by atoms with Crippen LogP contribution in [0, 0.1) is 0 Å². The van der Waals surface area contributed by atoms with Gasteiger partial charge in [-0.25, -0.2) is 0 Å². The maximum atomic E-state index is 12.1. The fourth-order valence-electron chi connectivity index (χ4n) is 2.58. The molecule has 2 N–H and O–H groups in total. The second-order valence-electron chi connectivity index (χ2n) is 5.50. The van der Waals surface area contributed by atoms with Crippen LogP contribution >= 0.6 is 0 Å². The highest BCUT2D eigenvalue weighted by atomic mass is 16.2. The predicted octanol–water partition coefficient (Wildman–Crippen LogP) is 0.867. The summed E-state index contributed by atoms with van der Waals surface area (Å²) in [5.41, 5.74) is 3.20. The van der Waals surface area contributed by atoms with Crippen LogP contribution in [0.4, 0.5) is 17.2 Å². The van der Waals surface area contributed by atoms with Crippen molar-refractivity contribution in [2.24, 2.45) is 0 Å². The van der Waals surface area contributed by atoms with E-state index < -0.39 is 0 Å². The topological polar surface area (TPSA) is 92.1 Å². The Morgan fingerprint density at radius 1 is 1.30 bits per heavy atom. The molecule has 23 heavy (non-hydrogen) atoms. The Bertz CT molecular complexity index is 754. The number of anilines is 3. The van der Waals surface area contributed by atoms with E-state index in [9.17, 15) is 9.59 Å². The van der Waals surface area contributed by atoms with E-state index in [4.69, 9.17) is 0 Å². The normalized spacial score (nSPS) is 12.9. The summed E-state index contributed by atoms with van der Waals surface area (Å²) in [7, 11) is 2.06. The number of carbonyl (C=O) groups excluding carboxylic acids is 2. The molecule has 1 aromatic heterocycles. The fraction of sp³-hybridized carbons (Fsp3) is 0.333. The molecule has 1 aliphatic rings. The molecule has 8 heteroatoms. The van der Waals surface area contributed by atoms with Crippen molar-refractivity contribution in [3.05, 3.63) is 30.0 Å². The van der Waals surface area contributed by atoms with E-state index in [0.717, 1.165) is 18.7 Å². The first-order chi connectivity index (χ1) is 11.0. The molecule has 8 nitrogen and oxygen atoms in total. The van der Waals surface area contributed by atoms with Crippen LogP contribution in [0.1, 0.15) is 12.5 Å². The van der Waals surface area contributed by atoms with E-state index in [-0.39, 0.29) is 18.4 Å². The zero-order valence-corrected chi connectivity index (χ0v) is 13.0. The number of benzene rings is 1. The molecule has 3 rings (SSSR count). The van der Waals surface area contributed by atoms with Gasteiger partial charge in [-0.2, -0.15) is 9.90 Å². The summed E-state index contributed by atoms with van der Waals surface area (Å²) in [4.78, 5) is 26.4. The van der Waals surface area contributed by atoms with Gasteiger partial charge in [0.25, 0.3) is 0 Å². The number of nitrogens with one attached hydrogen (secondary N) is 2. The number of amides is 2. The van der Waals surface area contributed by atoms with E-state index in [1.165, 1.54) is 29.2 Å². The van der Waals surface area contributed by atoms with Crippen molar-refractivity contribution in [1.82, 2.24) is 15.0 Å². The number of likely N-dealkylation sites (N-methyl/N-ethyl adjacent to an activating group) is 1. The Morgan fingerprint density at radius 2 is 2.13 bits per heavy atom. The lowest BCUT2D eigenvalue weighted by atomic mass is 10.1. The molecule has 0 spiro atoms. The van der Waals surface area contributed by atoms with Gasteiger partial charge in [-0.3, -0.25) is 9.59 Å². The van der Waals surface area contributed by atoms with Crippen LogP contribution in [-0.4, -0.2) is 40.4 Å². The van der Waals surface area contributed by atoms with E-state index in [1.54, 1.807) is 0 Å². The molecule has 2 heterocycles. The largest absolute Gasteiger partial charge is 0.374 e. The van der Waals surface area contributed by atoms with Gasteiger partial charge in [0.1, 0.15) is 6.54 Å². The lowest BCUT2D eigenvalue weighted by molar-refractivity contribution is -0.117. The van der Waals surface area contributed by atoms with Gasteiger partial charge in [0.15, 0.2) is 5.82 Å². The molecule has 2 amide bonds. The third kappa shape index (κ3) is 3.47. The Balaban J connectivity index is 1.61. The van der Waals surface area contributed by atoms with Crippen LogP contribution in [0.25, 0.3) is 0 Å². The van der Waals surface area contributed by atoms with Gasteiger partial charge in [0.05, 0.1) is 6.20 Å². The van der Waals surface area contributed by atoms with Crippen molar-refractivity contribution >= 4 is 29.0 Å². The molecule has 120 valence electrons. The van der Waals surface area contributed by atoms with Crippen LogP contribution in [0.5, 0.6) is 0 Å². The number of rotatable bonds is 4. The van der Waals surface area contributed by atoms with Crippen molar-refractivity contribution in [1.29, 1.82) is 0 Å². The number of hydrogen-bond donors (Lipinski definition) is 2. The summed E-state index contributed by atoms with van der Waals surface area (Å²) in [6.07, 6.45) is 2.39. The molecule has 0 atom stereocenters. The Labute approximate surface area is 133 Å². The molecule has 1 aromatic carbocycles. The maximum absolute atomic E-state index is 12.1. The third-order valence-electron chi connectivity index (χ3n) is 3.62. The van der Waals surface area contributed by atoms with Gasteiger partial charge in [0.2, 0.25) is 11.8 Å². The molecular formula is C15H18N6O2. The Hall–Kier alpha value is -2.90. The molecule has 0 aliphatic carbocycles. The van der Waals surface area contributed by atoms with E-state index >= 15 is 0 Å². The van der Waals surface area contributed by atoms with E-state index in [0.29, 0.717) is 5.82 Å². The van der Waals surface area contributed by atoms with Gasteiger partial charge >= 0.3 is 0 Å². The van der Waals surface area contributed by atoms with E-state index in [2.05, 4.69) is 32.8 Å². The zero-order chi connectivity index (χ0) is 16.4. The van der Waals surface area contributed by atoms with Crippen molar-refractivity contribution in [3.63, 3.8) is 0 Å². The molecule has 0 saturated heterocycles. The standard InChI is InChI=1S/C15H18N6O2/c1-10(22)17-14-8-16-21(19-14)9-15(23)18-12-3-4-13-11(7-12)5-6-20(13)2/h3-4,7-8H,5-6,9H2,1-2H3,(H,18,23)(H,17,19,22). The lowest BCUT2D eigenvalue weighted by Crippen LogP contribution is -2.20. The molecule has 0 unspecified atom stereocenters. The van der Waals surface area contributed by atoms with Gasteiger partial charge in [-0.1, -0.05) is 0 Å². The smallest absolute Gasteiger partial charge is 0.247 e. The quantitative estimate of drug-likeness (QED) is 0.873. The minimum absolute atomic E-state index is 0.0173.